The zero-order chi connectivity index (χ0) is 20.5. The molecule has 7 nitrogen and oxygen atoms in total. The van der Waals surface area contributed by atoms with Gasteiger partial charge in [0.25, 0.3) is 0 Å². The minimum absolute atomic E-state index is 0.0873. The molecule has 152 valence electrons. The van der Waals surface area contributed by atoms with E-state index in [9.17, 15) is 4.79 Å². The Morgan fingerprint density at radius 3 is 2.68 bits per heavy atom. The minimum atomic E-state index is -0.491. The van der Waals surface area contributed by atoms with Crippen molar-refractivity contribution in [1.82, 2.24) is 9.80 Å². The Labute approximate surface area is 167 Å². The number of morpholine rings is 1. The molecule has 0 bridgehead atoms. The second-order valence-corrected chi connectivity index (χ2v) is 8.34. The highest BCUT2D eigenvalue weighted by Crippen LogP contribution is 2.38. The quantitative estimate of drug-likeness (QED) is 0.727. The molecule has 2 aliphatic rings. The molecule has 2 aliphatic heterocycles. The lowest BCUT2D eigenvalue weighted by atomic mass is 9.98. The van der Waals surface area contributed by atoms with E-state index in [0.29, 0.717) is 31.1 Å². The molecule has 1 aromatic carbocycles. The van der Waals surface area contributed by atoms with Crippen molar-refractivity contribution in [3.8, 4) is 5.75 Å². The zero-order valence-electron chi connectivity index (χ0n) is 17.3. The van der Waals surface area contributed by atoms with E-state index in [1.54, 1.807) is 12.0 Å². The Morgan fingerprint density at radius 2 is 2.04 bits per heavy atom. The van der Waals surface area contributed by atoms with E-state index in [-0.39, 0.29) is 18.2 Å². The molecule has 0 saturated carbocycles. The smallest absolute Gasteiger partial charge is 0.410 e. The van der Waals surface area contributed by atoms with Crippen molar-refractivity contribution in [2.45, 2.75) is 45.4 Å². The maximum absolute atomic E-state index is 12.4. The SMILES string of the molecule is [C-]#[N+]c1c(OC)ccc([C@@H]2CN3CCN(C(=O)OC(C)(C)C)C[C@H]3CO2)c1C. The summed E-state index contributed by atoms with van der Waals surface area (Å²) in [7, 11) is 1.58. The second kappa shape index (κ2) is 7.98. The van der Waals surface area contributed by atoms with Gasteiger partial charge in [0.05, 0.1) is 32.4 Å². The van der Waals surface area contributed by atoms with E-state index in [1.807, 2.05) is 39.8 Å². The van der Waals surface area contributed by atoms with Gasteiger partial charge in [-0.05, 0) is 44.9 Å². The van der Waals surface area contributed by atoms with Crippen LogP contribution in [0.3, 0.4) is 0 Å². The van der Waals surface area contributed by atoms with Crippen molar-refractivity contribution >= 4 is 11.8 Å². The number of hydrogen-bond acceptors (Lipinski definition) is 5. The fraction of sp³-hybridized carbons (Fsp3) is 0.619. The molecular formula is C21H29N3O4. The maximum Gasteiger partial charge on any atom is 0.410 e. The largest absolute Gasteiger partial charge is 0.508 e. The number of nitrogens with zero attached hydrogens (tertiary/aromatic N) is 3. The second-order valence-electron chi connectivity index (χ2n) is 8.34. The molecule has 1 amide bonds. The summed E-state index contributed by atoms with van der Waals surface area (Å²) in [5.74, 6) is 0.593. The molecule has 0 aliphatic carbocycles. The van der Waals surface area contributed by atoms with Crippen molar-refractivity contribution in [1.29, 1.82) is 0 Å². The highest BCUT2D eigenvalue weighted by atomic mass is 16.6. The van der Waals surface area contributed by atoms with Crippen molar-refractivity contribution < 1.29 is 19.0 Å². The topological polar surface area (TPSA) is 55.6 Å². The summed E-state index contributed by atoms with van der Waals surface area (Å²) in [6.07, 6.45) is -0.349. The van der Waals surface area contributed by atoms with Crippen LogP contribution in [-0.2, 0) is 9.47 Å². The third kappa shape index (κ3) is 4.23. The first-order chi connectivity index (χ1) is 13.2. The third-order valence-corrected chi connectivity index (χ3v) is 5.26. The van der Waals surface area contributed by atoms with Crippen LogP contribution in [0.4, 0.5) is 10.5 Å². The number of ether oxygens (including phenoxy) is 3. The van der Waals surface area contributed by atoms with Gasteiger partial charge in [-0.15, -0.1) is 0 Å². The lowest BCUT2D eigenvalue weighted by molar-refractivity contribution is -0.0907. The molecule has 2 fully saturated rings. The zero-order valence-corrected chi connectivity index (χ0v) is 17.3. The number of methoxy groups -OCH3 is 1. The monoisotopic (exact) mass is 387 g/mol. The van der Waals surface area contributed by atoms with Crippen LogP contribution in [0.15, 0.2) is 12.1 Å². The van der Waals surface area contributed by atoms with Gasteiger partial charge in [0.1, 0.15) is 11.4 Å². The summed E-state index contributed by atoms with van der Waals surface area (Å²) in [4.78, 5) is 20.1. The van der Waals surface area contributed by atoms with Crippen LogP contribution < -0.4 is 4.74 Å². The molecule has 2 atom stereocenters. The standard InChI is InChI=1S/C21H29N3O4/c1-14-16(7-8-17(26-6)19(14)22-5)18-12-23-9-10-24(11-15(23)13-27-18)20(25)28-21(2,3)4/h7-8,15,18H,9-13H2,1-4,6H3/t15-,18-/m0/s1. The first-order valence-electron chi connectivity index (χ1n) is 9.62. The van der Waals surface area contributed by atoms with Crippen molar-refractivity contribution in [3.63, 3.8) is 0 Å². The summed E-state index contributed by atoms with van der Waals surface area (Å²) >= 11 is 0. The molecule has 2 saturated heterocycles. The lowest BCUT2D eigenvalue weighted by Crippen LogP contribution is -2.60. The van der Waals surface area contributed by atoms with E-state index >= 15 is 0 Å². The van der Waals surface area contributed by atoms with Crippen LogP contribution >= 0.6 is 0 Å². The summed E-state index contributed by atoms with van der Waals surface area (Å²) in [6.45, 7) is 18.4. The number of amides is 1. The number of carbonyl (C=O) groups excluding carboxylic acids is 1. The molecule has 28 heavy (non-hydrogen) atoms. The number of carbonyl (C=O) groups is 1. The van der Waals surface area contributed by atoms with E-state index < -0.39 is 5.60 Å². The molecule has 0 radical (unpaired) electrons. The van der Waals surface area contributed by atoms with Crippen molar-refractivity contribution in [2.75, 3.05) is 39.9 Å². The predicted octanol–water partition coefficient (Wildman–Crippen LogP) is 3.55. The summed E-state index contributed by atoms with van der Waals surface area (Å²) in [5, 5.41) is 0. The van der Waals surface area contributed by atoms with Gasteiger partial charge < -0.3 is 19.1 Å². The number of hydrogen-bond donors (Lipinski definition) is 0. The maximum atomic E-state index is 12.4. The number of piperazine rings is 1. The number of fused-ring (bicyclic) bond motifs is 1. The van der Waals surface area contributed by atoms with Gasteiger partial charge in [-0.3, -0.25) is 4.90 Å². The van der Waals surface area contributed by atoms with Crippen LogP contribution in [0, 0.1) is 13.5 Å². The van der Waals surface area contributed by atoms with E-state index in [4.69, 9.17) is 20.8 Å². The van der Waals surface area contributed by atoms with E-state index in [1.165, 1.54) is 0 Å². The van der Waals surface area contributed by atoms with Crippen LogP contribution in [0.25, 0.3) is 4.85 Å². The molecule has 1 aromatic rings. The van der Waals surface area contributed by atoms with E-state index in [0.717, 1.165) is 24.2 Å². The highest BCUT2D eigenvalue weighted by molar-refractivity contribution is 5.68. The Bertz CT molecular complexity index is 781. The van der Waals surface area contributed by atoms with Crippen LogP contribution in [0.2, 0.25) is 0 Å². The van der Waals surface area contributed by atoms with Gasteiger partial charge >= 0.3 is 6.09 Å². The molecule has 7 heteroatoms. The molecule has 0 aromatic heterocycles. The van der Waals surface area contributed by atoms with Gasteiger partial charge in [0.2, 0.25) is 5.69 Å². The van der Waals surface area contributed by atoms with Gasteiger partial charge in [0, 0.05) is 26.2 Å². The molecule has 3 rings (SSSR count). The molecular weight excluding hydrogens is 358 g/mol. The van der Waals surface area contributed by atoms with E-state index in [2.05, 4.69) is 9.74 Å². The summed E-state index contributed by atoms with van der Waals surface area (Å²) < 4.78 is 16.9. The van der Waals surface area contributed by atoms with Crippen molar-refractivity contribution in [3.05, 3.63) is 34.7 Å². The van der Waals surface area contributed by atoms with Crippen LogP contribution in [0.5, 0.6) is 5.75 Å². The Hall–Kier alpha value is -2.30. The summed E-state index contributed by atoms with van der Waals surface area (Å²) in [5.41, 5.74) is 1.99. The fourth-order valence-corrected chi connectivity index (χ4v) is 3.81. The number of benzene rings is 1. The molecule has 0 spiro atoms. The normalized spacial score (nSPS) is 22.9. The lowest BCUT2D eigenvalue weighted by Gasteiger charge is -2.46. The molecule has 0 unspecified atom stereocenters. The van der Waals surface area contributed by atoms with Crippen molar-refractivity contribution in [2.24, 2.45) is 0 Å². The highest BCUT2D eigenvalue weighted by Gasteiger charge is 2.37. The van der Waals surface area contributed by atoms with Crippen LogP contribution in [-0.4, -0.2) is 67.4 Å². The van der Waals surface area contributed by atoms with Gasteiger partial charge in [-0.1, -0.05) is 6.07 Å². The van der Waals surface area contributed by atoms with Gasteiger partial charge in [-0.2, -0.15) is 0 Å². The molecule has 2 heterocycles. The number of rotatable bonds is 2. The van der Waals surface area contributed by atoms with Gasteiger partial charge in [0.15, 0.2) is 0 Å². The van der Waals surface area contributed by atoms with Crippen LogP contribution in [0.1, 0.15) is 38.0 Å². The average Bonchev–Trinajstić information content (AvgIpc) is 2.65. The first kappa shape index (κ1) is 20.4. The Kier molecular flexibility index (Phi) is 5.82. The molecule has 0 N–H and O–H groups in total. The Balaban J connectivity index is 1.68. The van der Waals surface area contributed by atoms with Gasteiger partial charge in [-0.25, -0.2) is 9.64 Å². The fourth-order valence-electron chi connectivity index (χ4n) is 3.81. The predicted molar refractivity (Wildman–Crippen MR) is 106 cm³/mol. The Morgan fingerprint density at radius 1 is 1.29 bits per heavy atom. The first-order valence-corrected chi connectivity index (χ1v) is 9.62. The summed E-state index contributed by atoms with van der Waals surface area (Å²) in [6, 6.07) is 3.99. The third-order valence-electron chi connectivity index (χ3n) is 5.26. The average molecular weight is 387 g/mol. The minimum Gasteiger partial charge on any atom is -0.508 e.